The van der Waals surface area contributed by atoms with E-state index in [9.17, 15) is 4.79 Å². The van der Waals surface area contributed by atoms with Gasteiger partial charge in [0.25, 0.3) is 0 Å². The van der Waals surface area contributed by atoms with Crippen molar-refractivity contribution in [1.82, 2.24) is 19.4 Å². The van der Waals surface area contributed by atoms with Crippen LogP contribution in [0.4, 0.5) is 0 Å². The Labute approximate surface area is 234 Å². The molecule has 1 unspecified atom stereocenters. The average molecular weight is 531 g/mol. The maximum absolute atomic E-state index is 13.7. The minimum absolute atomic E-state index is 0.0197. The summed E-state index contributed by atoms with van der Waals surface area (Å²) in [6.45, 7) is 12.0. The molecular weight excluding hydrogens is 484 g/mol. The second-order valence-electron chi connectivity index (χ2n) is 11.8. The Morgan fingerprint density at radius 1 is 0.974 bits per heavy atom. The van der Waals surface area contributed by atoms with E-state index in [0.29, 0.717) is 18.6 Å². The SMILES string of the molecule is Cc1ccc(OCc2nc3c(C)cccc3n2CCC(C)C(=O)N2CCCC[C@@H]2CCN2CCCCC2)cc1. The number of ether oxygens (including phenoxy) is 1. The Hall–Kier alpha value is -2.86. The van der Waals surface area contributed by atoms with Crippen molar-refractivity contribution < 1.29 is 9.53 Å². The minimum Gasteiger partial charge on any atom is -0.486 e. The van der Waals surface area contributed by atoms with Crippen LogP contribution in [0.3, 0.4) is 0 Å². The number of amides is 1. The normalized spacial score (nSPS) is 19.4. The van der Waals surface area contributed by atoms with E-state index in [4.69, 9.17) is 9.72 Å². The van der Waals surface area contributed by atoms with E-state index in [1.54, 1.807) is 0 Å². The molecule has 2 atom stereocenters. The molecule has 5 rings (SSSR count). The van der Waals surface area contributed by atoms with Gasteiger partial charge < -0.3 is 19.1 Å². The molecule has 6 heteroatoms. The zero-order chi connectivity index (χ0) is 27.2. The molecular formula is C33H46N4O2. The van der Waals surface area contributed by atoms with Crippen molar-refractivity contribution in [1.29, 1.82) is 0 Å². The van der Waals surface area contributed by atoms with Gasteiger partial charge in [-0.3, -0.25) is 4.79 Å². The van der Waals surface area contributed by atoms with Crippen molar-refractivity contribution in [3.05, 3.63) is 59.4 Å². The lowest BCUT2D eigenvalue weighted by Crippen LogP contribution is -2.47. The Bertz CT molecular complexity index is 1230. The van der Waals surface area contributed by atoms with Crippen LogP contribution in [0, 0.1) is 19.8 Å². The molecule has 0 N–H and O–H groups in total. The first-order valence-electron chi connectivity index (χ1n) is 15.2. The van der Waals surface area contributed by atoms with Gasteiger partial charge in [0.1, 0.15) is 18.2 Å². The fourth-order valence-corrected chi connectivity index (χ4v) is 6.31. The number of para-hydroxylation sites is 1. The molecule has 0 saturated carbocycles. The molecule has 1 aromatic heterocycles. The minimum atomic E-state index is -0.0197. The largest absolute Gasteiger partial charge is 0.486 e. The third-order valence-corrected chi connectivity index (χ3v) is 8.79. The highest BCUT2D eigenvalue weighted by molar-refractivity contribution is 5.80. The lowest BCUT2D eigenvalue weighted by atomic mass is 9.95. The second kappa shape index (κ2) is 13.0. The number of hydrogen-bond acceptors (Lipinski definition) is 4. The zero-order valence-corrected chi connectivity index (χ0v) is 24.2. The van der Waals surface area contributed by atoms with Crippen molar-refractivity contribution in [3.8, 4) is 5.75 Å². The molecule has 1 amide bonds. The summed E-state index contributed by atoms with van der Waals surface area (Å²) in [5.74, 6) is 2.07. The standard InChI is InChI=1S/C33H46N4O2/c1-25-13-15-29(16-14-25)39-24-31-34-32-26(2)10-9-12-30(32)37(31)23-17-27(3)33(38)36-21-8-5-11-28(36)18-22-35-19-6-4-7-20-35/h9-10,12-16,27-28H,4-8,11,17-24H2,1-3H3/t27?,28-/m1/s1. The van der Waals surface area contributed by atoms with Crippen LogP contribution in [0.15, 0.2) is 42.5 Å². The summed E-state index contributed by atoms with van der Waals surface area (Å²) in [6.07, 6.45) is 9.45. The van der Waals surface area contributed by atoms with E-state index in [1.165, 1.54) is 44.3 Å². The molecule has 2 aromatic carbocycles. The maximum atomic E-state index is 13.7. The first-order chi connectivity index (χ1) is 19.0. The number of carbonyl (C=O) groups is 1. The van der Waals surface area contributed by atoms with Gasteiger partial charge in [-0.15, -0.1) is 0 Å². The van der Waals surface area contributed by atoms with Gasteiger partial charge in [-0.1, -0.05) is 43.2 Å². The average Bonchev–Trinajstić information content (AvgIpc) is 3.33. The van der Waals surface area contributed by atoms with Crippen molar-refractivity contribution in [2.45, 2.75) is 91.3 Å². The van der Waals surface area contributed by atoms with Crippen LogP contribution in [0.5, 0.6) is 5.75 Å². The Morgan fingerprint density at radius 3 is 2.54 bits per heavy atom. The molecule has 2 fully saturated rings. The van der Waals surface area contributed by atoms with Gasteiger partial charge in [0.2, 0.25) is 5.91 Å². The lowest BCUT2D eigenvalue weighted by Gasteiger charge is -2.39. The van der Waals surface area contributed by atoms with Gasteiger partial charge in [-0.05, 0) is 95.6 Å². The third kappa shape index (κ3) is 6.84. The molecule has 0 bridgehead atoms. The number of rotatable bonds is 10. The van der Waals surface area contributed by atoms with Crippen molar-refractivity contribution in [2.24, 2.45) is 5.92 Å². The number of piperidine rings is 2. The van der Waals surface area contributed by atoms with E-state index in [2.05, 4.69) is 65.5 Å². The fourth-order valence-electron chi connectivity index (χ4n) is 6.31. The first-order valence-corrected chi connectivity index (χ1v) is 15.2. The van der Waals surface area contributed by atoms with Crippen LogP contribution < -0.4 is 4.74 Å². The third-order valence-electron chi connectivity index (χ3n) is 8.79. The van der Waals surface area contributed by atoms with E-state index in [-0.39, 0.29) is 5.92 Å². The molecule has 39 heavy (non-hydrogen) atoms. The Kier molecular flexibility index (Phi) is 9.23. The smallest absolute Gasteiger partial charge is 0.225 e. The second-order valence-corrected chi connectivity index (χ2v) is 11.8. The Balaban J connectivity index is 1.24. The Morgan fingerprint density at radius 2 is 1.74 bits per heavy atom. The van der Waals surface area contributed by atoms with E-state index < -0.39 is 0 Å². The first kappa shape index (κ1) is 27.7. The van der Waals surface area contributed by atoms with E-state index >= 15 is 0 Å². The maximum Gasteiger partial charge on any atom is 0.225 e. The number of imidazole rings is 1. The summed E-state index contributed by atoms with van der Waals surface area (Å²) < 4.78 is 8.40. The van der Waals surface area contributed by atoms with Crippen LogP contribution in [-0.4, -0.2) is 57.5 Å². The highest BCUT2D eigenvalue weighted by Crippen LogP contribution is 2.26. The van der Waals surface area contributed by atoms with Gasteiger partial charge in [0, 0.05) is 31.6 Å². The van der Waals surface area contributed by atoms with Gasteiger partial charge in [-0.2, -0.15) is 0 Å². The molecule has 3 aromatic rings. The summed E-state index contributed by atoms with van der Waals surface area (Å²) in [5, 5.41) is 0. The topological polar surface area (TPSA) is 50.6 Å². The van der Waals surface area contributed by atoms with Gasteiger partial charge in [-0.25, -0.2) is 4.98 Å². The summed E-state index contributed by atoms with van der Waals surface area (Å²) in [6, 6.07) is 14.9. The highest BCUT2D eigenvalue weighted by atomic mass is 16.5. The molecule has 0 spiro atoms. The predicted molar refractivity (Wildman–Crippen MR) is 158 cm³/mol. The number of benzene rings is 2. The van der Waals surface area contributed by atoms with Crippen LogP contribution in [0.1, 0.15) is 75.2 Å². The number of aryl methyl sites for hydroxylation is 3. The quantitative estimate of drug-likeness (QED) is 0.300. The zero-order valence-electron chi connectivity index (χ0n) is 24.2. The van der Waals surface area contributed by atoms with Crippen molar-refractivity contribution in [3.63, 3.8) is 0 Å². The van der Waals surface area contributed by atoms with Gasteiger partial charge in [0.15, 0.2) is 0 Å². The molecule has 6 nitrogen and oxygen atoms in total. The molecule has 2 saturated heterocycles. The molecule has 0 radical (unpaired) electrons. The molecule has 2 aliphatic heterocycles. The predicted octanol–water partition coefficient (Wildman–Crippen LogP) is 6.52. The number of carbonyl (C=O) groups excluding carboxylic acids is 1. The summed E-state index contributed by atoms with van der Waals surface area (Å²) in [4.78, 5) is 23.5. The molecule has 2 aliphatic rings. The summed E-state index contributed by atoms with van der Waals surface area (Å²) >= 11 is 0. The van der Waals surface area contributed by atoms with Crippen LogP contribution in [-0.2, 0) is 17.9 Å². The lowest BCUT2D eigenvalue weighted by molar-refractivity contribution is -0.139. The number of fused-ring (bicyclic) bond motifs is 1. The van der Waals surface area contributed by atoms with E-state index in [1.807, 2.05) is 12.1 Å². The van der Waals surface area contributed by atoms with Crippen LogP contribution >= 0.6 is 0 Å². The monoisotopic (exact) mass is 530 g/mol. The van der Waals surface area contributed by atoms with Gasteiger partial charge in [0.05, 0.1) is 11.0 Å². The molecule has 0 aliphatic carbocycles. The molecule has 3 heterocycles. The number of hydrogen-bond donors (Lipinski definition) is 0. The van der Waals surface area contributed by atoms with E-state index in [0.717, 1.165) is 73.5 Å². The summed E-state index contributed by atoms with van der Waals surface area (Å²) in [7, 11) is 0. The van der Waals surface area contributed by atoms with Gasteiger partial charge >= 0.3 is 0 Å². The number of aromatic nitrogens is 2. The van der Waals surface area contributed by atoms with Crippen molar-refractivity contribution in [2.75, 3.05) is 26.2 Å². The van der Waals surface area contributed by atoms with Crippen molar-refractivity contribution >= 4 is 16.9 Å². The molecule has 210 valence electrons. The van der Waals surface area contributed by atoms with Crippen LogP contribution in [0.25, 0.3) is 11.0 Å². The highest BCUT2D eigenvalue weighted by Gasteiger charge is 2.30. The number of nitrogens with zero attached hydrogens (tertiary/aromatic N) is 4. The number of likely N-dealkylation sites (tertiary alicyclic amines) is 2. The summed E-state index contributed by atoms with van der Waals surface area (Å²) in [5.41, 5.74) is 4.52. The van der Waals surface area contributed by atoms with Crippen LogP contribution in [0.2, 0.25) is 0 Å². The fraction of sp³-hybridized carbons (Fsp3) is 0.576.